The molecule has 19 heavy (non-hydrogen) atoms. The molecule has 0 aliphatic heterocycles. The van der Waals surface area contributed by atoms with Gasteiger partial charge >= 0.3 is 6.61 Å². The highest BCUT2D eigenvalue weighted by atomic mass is 19.3. The number of halogens is 2. The average molecular weight is 270 g/mol. The van der Waals surface area contributed by atoms with Gasteiger partial charge in [0.15, 0.2) is 0 Å². The minimum atomic E-state index is -2.90. The molecule has 104 valence electrons. The second-order valence-corrected chi connectivity index (χ2v) is 3.83. The van der Waals surface area contributed by atoms with Gasteiger partial charge in [0.1, 0.15) is 5.75 Å². The van der Waals surface area contributed by atoms with Crippen LogP contribution in [-0.4, -0.2) is 18.6 Å². The maximum atomic E-state index is 12.2. The molecule has 0 radical (unpaired) electrons. The molecule has 1 aromatic rings. The smallest absolute Gasteiger partial charge is 0.387 e. The highest BCUT2D eigenvalue weighted by Gasteiger charge is 2.13. The summed E-state index contributed by atoms with van der Waals surface area (Å²) in [6.07, 6.45) is 1.89. The van der Waals surface area contributed by atoms with Crippen molar-refractivity contribution in [3.63, 3.8) is 0 Å². The zero-order valence-corrected chi connectivity index (χ0v) is 10.3. The number of hydrogen-bond donors (Lipinski definition) is 2. The third-order valence-corrected chi connectivity index (χ3v) is 2.40. The van der Waals surface area contributed by atoms with E-state index in [1.165, 1.54) is 12.1 Å². The molecule has 6 heteroatoms. The number of carbonyl (C=O) groups is 1. The van der Waals surface area contributed by atoms with Gasteiger partial charge in [-0.1, -0.05) is 24.3 Å². The Morgan fingerprint density at radius 2 is 2.16 bits per heavy atom. The molecule has 0 saturated heterocycles. The molecule has 1 amide bonds. The number of rotatable bonds is 7. The monoisotopic (exact) mass is 270 g/mol. The predicted octanol–water partition coefficient (Wildman–Crippen LogP) is 1.81. The Labute approximate surface area is 110 Å². The summed E-state index contributed by atoms with van der Waals surface area (Å²) < 4.78 is 28.7. The standard InChI is InChI=1S/C13H16F2N2O2/c1-2-5-10(16)12(18)17-8-9-6-3-4-7-11(9)19-13(14)15/h2-4,6-7,10,13H,1,5,8,16H2,(H,17,18). The van der Waals surface area contributed by atoms with Crippen molar-refractivity contribution in [1.82, 2.24) is 5.32 Å². The van der Waals surface area contributed by atoms with Crippen LogP contribution in [0.1, 0.15) is 12.0 Å². The summed E-state index contributed by atoms with van der Waals surface area (Å²) in [5.74, 6) is -0.332. The molecule has 0 aromatic heterocycles. The van der Waals surface area contributed by atoms with Crippen molar-refractivity contribution < 1.29 is 18.3 Å². The van der Waals surface area contributed by atoms with Gasteiger partial charge in [-0.05, 0) is 12.5 Å². The summed E-state index contributed by atoms with van der Waals surface area (Å²) in [6, 6.07) is 5.56. The van der Waals surface area contributed by atoms with Gasteiger partial charge in [0, 0.05) is 12.1 Å². The van der Waals surface area contributed by atoms with E-state index < -0.39 is 12.7 Å². The van der Waals surface area contributed by atoms with Crippen molar-refractivity contribution in [3.8, 4) is 5.75 Å². The lowest BCUT2D eigenvalue weighted by Crippen LogP contribution is -2.39. The molecule has 0 aliphatic rings. The molecule has 0 saturated carbocycles. The normalized spacial score (nSPS) is 12.0. The van der Waals surface area contributed by atoms with Gasteiger partial charge in [-0.15, -0.1) is 6.58 Å². The summed E-state index contributed by atoms with van der Waals surface area (Å²) in [5.41, 5.74) is 6.04. The third-order valence-electron chi connectivity index (χ3n) is 2.40. The molecular formula is C13H16F2N2O2. The molecular weight excluding hydrogens is 254 g/mol. The van der Waals surface area contributed by atoms with Crippen LogP contribution >= 0.6 is 0 Å². The van der Waals surface area contributed by atoms with Crippen LogP contribution < -0.4 is 15.8 Å². The third kappa shape index (κ3) is 5.05. The Kier molecular flexibility index (Phi) is 5.95. The van der Waals surface area contributed by atoms with Crippen molar-refractivity contribution in [1.29, 1.82) is 0 Å². The summed E-state index contributed by atoms with van der Waals surface area (Å²) in [5, 5.41) is 2.56. The van der Waals surface area contributed by atoms with Gasteiger partial charge < -0.3 is 15.8 Å². The number of para-hydroxylation sites is 1. The second kappa shape index (κ2) is 7.48. The van der Waals surface area contributed by atoms with E-state index in [9.17, 15) is 13.6 Å². The molecule has 1 unspecified atom stereocenters. The first kappa shape index (κ1) is 15.1. The number of nitrogens with one attached hydrogen (secondary N) is 1. The number of ether oxygens (including phenoxy) is 1. The van der Waals surface area contributed by atoms with Crippen molar-refractivity contribution in [2.24, 2.45) is 5.73 Å². The molecule has 3 N–H and O–H groups in total. The zero-order valence-electron chi connectivity index (χ0n) is 10.3. The zero-order chi connectivity index (χ0) is 14.3. The fraction of sp³-hybridized carbons (Fsp3) is 0.308. The van der Waals surface area contributed by atoms with E-state index in [0.717, 1.165) is 0 Å². The molecule has 1 rings (SSSR count). The summed E-state index contributed by atoms with van der Waals surface area (Å²) in [6.45, 7) is 0.658. The molecule has 1 atom stereocenters. The van der Waals surface area contributed by atoms with Crippen molar-refractivity contribution in [2.45, 2.75) is 25.6 Å². The first-order chi connectivity index (χ1) is 9.04. The van der Waals surface area contributed by atoms with Gasteiger partial charge in [-0.25, -0.2) is 0 Å². The highest BCUT2D eigenvalue weighted by molar-refractivity contribution is 5.81. The lowest BCUT2D eigenvalue weighted by atomic mass is 10.1. The predicted molar refractivity (Wildman–Crippen MR) is 67.7 cm³/mol. The van der Waals surface area contributed by atoms with E-state index in [4.69, 9.17) is 5.73 Å². The summed E-state index contributed by atoms with van der Waals surface area (Å²) >= 11 is 0. The van der Waals surface area contributed by atoms with Crippen molar-refractivity contribution >= 4 is 5.91 Å². The molecule has 0 bridgehead atoms. The fourth-order valence-corrected chi connectivity index (χ4v) is 1.46. The first-order valence-corrected chi connectivity index (χ1v) is 5.71. The Morgan fingerprint density at radius 1 is 1.47 bits per heavy atom. The molecule has 0 fully saturated rings. The minimum absolute atomic E-state index is 0.0371. The molecule has 0 spiro atoms. The second-order valence-electron chi connectivity index (χ2n) is 3.83. The van der Waals surface area contributed by atoms with E-state index in [1.807, 2.05) is 0 Å². The van der Waals surface area contributed by atoms with Crippen LogP contribution in [0, 0.1) is 0 Å². The number of amides is 1. The summed E-state index contributed by atoms with van der Waals surface area (Å²) in [4.78, 5) is 11.6. The number of hydrogen-bond acceptors (Lipinski definition) is 3. The van der Waals surface area contributed by atoms with Crippen LogP contribution in [0.2, 0.25) is 0 Å². The van der Waals surface area contributed by atoms with E-state index in [-0.39, 0.29) is 18.2 Å². The topological polar surface area (TPSA) is 64.4 Å². The van der Waals surface area contributed by atoms with Crippen LogP contribution in [0.25, 0.3) is 0 Å². The Balaban J connectivity index is 2.62. The number of carbonyl (C=O) groups excluding carboxylic acids is 1. The van der Waals surface area contributed by atoms with Crippen LogP contribution in [0.4, 0.5) is 8.78 Å². The average Bonchev–Trinajstić information content (AvgIpc) is 2.37. The van der Waals surface area contributed by atoms with Crippen LogP contribution in [0.3, 0.4) is 0 Å². The van der Waals surface area contributed by atoms with E-state index in [2.05, 4.69) is 16.6 Å². The lowest BCUT2D eigenvalue weighted by Gasteiger charge is -2.13. The SMILES string of the molecule is C=CCC(N)C(=O)NCc1ccccc1OC(F)F. The Hall–Kier alpha value is -1.95. The largest absolute Gasteiger partial charge is 0.434 e. The minimum Gasteiger partial charge on any atom is -0.434 e. The quantitative estimate of drug-likeness (QED) is 0.743. The van der Waals surface area contributed by atoms with Gasteiger partial charge in [-0.3, -0.25) is 4.79 Å². The van der Waals surface area contributed by atoms with Gasteiger partial charge in [0.25, 0.3) is 0 Å². The molecule has 0 aliphatic carbocycles. The highest BCUT2D eigenvalue weighted by Crippen LogP contribution is 2.19. The first-order valence-electron chi connectivity index (χ1n) is 5.71. The maximum absolute atomic E-state index is 12.2. The van der Waals surface area contributed by atoms with Gasteiger partial charge in [0.05, 0.1) is 6.04 Å². The number of benzene rings is 1. The maximum Gasteiger partial charge on any atom is 0.387 e. The lowest BCUT2D eigenvalue weighted by molar-refractivity contribution is -0.122. The molecule has 0 heterocycles. The van der Waals surface area contributed by atoms with Crippen molar-refractivity contribution in [3.05, 3.63) is 42.5 Å². The Morgan fingerprint density at radius 3 is 2.79 bits per heavy atom. The molecule has 1 aromatic carbocycles. The van der Waals surface area contributed by atoms with Crippen LogP contribution in [-0.2, 0) is 11.3 Å². The van der Waals surface area contributed by atoms with Crippen LogP contribution in [0.5, 0.6) is 5.75 Å². The Bertz CT molecular complexity index is 438. The van der Waals surface area contributed by atoms with E-state index in [0.29, 0.717) is 12.0 Å². The van der Waals surface area contributed by atoms with Gasteiger partial charge in [0.2, 0.25) is 5.91 Å². The summed E-state index contributed by atoms with van der Waals surface area (Å²) in [7, 11) is 0. The van der Waals surface area contributed by atoms with Crippen LogP contribution in [0.15, 0.2) is 36.9 Å². The molecule has 4 nitrogen and oxygen atoms in total. The van der Waals surface area contributed by atoms with Gasteiger partial charge in [-0.2, -0.15) is 8.78 Å². The number of nitrogens with two attached hydrogens (primary N) is 1. The fourth-order valence-electron chi connectivity index (χ4n) is 1.46. The van der Waals surface area contributed by atoms with E-state index in [1.54, 1.807) is 18.2 Å². The van der Waals surface area contributed by atoms with Crippen molar-refractivity contribution in [2.75, 3.05) is 0 Å². The number of alkyl halides is 2. The van der Waals surface area contributed by atoms with E-state index >= 15 is 0 Å².